The Balaban J connectivity index is 1.47. The smallest absolute Gasteiger partial charge is 0.243 e. The quantitative estimate of drug-likeness (QED) is 0.674. The third kappa shape index (κ3) is 4.42. The first-order chi connectivity index (χ1) is 14.4. The summed E-state index contributed by atoms with van der Waals surface area (Å²) in [6.07, 6.45) is 0. The van der Waals surface area contributed by atoms with E-state index in [-0.39, 0.29) is 4.90 Å². The lowest BCUT2D eigenvalue weighted by molar-refractivity contribution is 0.382. The van der Waals surface area contributed by atoms with Crippen LogP contribution in [0.15, 0.2) is 65.6 Å². The SMILES string of the molecule is Cc1cc(Nc2ccccc2)nc(N2CCN(S(=O)(=O)c3ccc(F)cc3)CC2)n1. The van der Waals surface area contributed by atoms with Gasteiger partial charge in [0.15, 0.2) is 0 Å². The van der Waals surface area contributed by atoms with E-state index >= 15 is 0 Å². The van der Waals surface area contributed by atoms with Crippen LogP contribution in [0.5, 0.6) is 0 Å². The highest BCUT2D eigenvalue weighted by Gasteiger charge is 2.29. The van der Waals surface area contributed by atoms with E-state index < -0.39 is 15.8 Å². The van der Waals surface area contributed by atoms with Crippen LogP contribution in [0.2, 0.25) is 0 Å². The number of nitrogens with zero attached hydrogens (tertiary/aromatic N) is 4. The molecule has 0 unspecified atom stereocenters. The van der Waals surface area contributed by atoms with Crippen LogP contribution in [0.1, 0.15) is 5.69 Å². The van der Waals surface area contributed by atoms with Gasteiger partial charge in [-0.05, 0) is 43.3 Å². The topological polar surface area (TPSA) is 78.4 Å². The van der Waals surface area contributed by atoms with Gasteiger partial charge < -0.3 is 10.2 Å². The number of aryl methyl sites for hydroxylation is 1. The second kappa shape index (κ2) is 8.37. The Morgan fingerprint density at radius 2 is 1.60 bits per heavy atom. The summed E-state index contributed by atoms with van der Waals surface area (Å²) in [6.45, 7) is 3.44. The van der Waals surface area contributed by atoms with Gasteiger partial charge in [0.2, 0.25) is 16.0 Å². The molecule has 1 fully saturated rings. The number of sulfonamides is 1. The molecule has 0 aliphatic carbocycles. The van der Waals surface area contributed by atoms with Crippen molar-refractivity contribution in [3.05, 3.63) is 72.2 Å². The van der Waals surface area contributed by atoms with Gasteiger partial charge in [-0.3, -0.25) is 0 Å². The number of anilines is 3. The Morgan fingerprint density at radius 1 is 0.933 bits per heavy atom. The molecule has 0 atom stereocenters. The fourth-order valence-corrected chi connectivity index (χ4v) is 4.73. The predicted molar refractivity (Wildman–Crippen MR) is 114 cm³/mol. The molecule has 0 radical (unpaired) electrons. The lowest BCUT2D eigenvalue weighted by atomic mass is 10.3. The number of rotatable bonds is 5. The Hall–Kier alpha value is -3.04. The second-order valence-electron chi connectivity index (χ2n) is 7.03. The van der Waals surface area contributed by atoms with Gasteiger partial charge in [0.25, 0.3) is 0 Å². The van der Waals surface area contributed by atoms with E-state index in [9.17, 15) is 12.8 Å². The first-order valence-electron chi connectivity index (χ1n) is 9.60. The van der Waals surface area contributed by atoms with Crippen molar-refractivity contribution in [3.8, 4) is 0 Å². The molecule has 2 heterocycles. The number of benzene rings is 2. The minimum atomic E-state index is -3.65. The summed E-state index contributed by atoms with van der Waals surface area (Å²) in [4.78, 5) is 11.2. The molecule has 4 rings (SSSR count). The van der Waals surface area contributed by atoms with Crippen LogP contribution >= 0.6 is 0 Å². The minimum absolute atomic E-state index is 0.0958. The molecule has 0 spiro atoms. The van der Waals surface area contributed by atoms with Crippen LogP contribution in [0.4, 0.5) is 21.8 Å². The largest absolute Gasteiger partial charge is 0.340 e. The number of halogens is 1. The summed E-state index contributed by atoms with van der Waals surface area (Å²) in [5, 5.41) is 3.27. The fraction of sp³-hybridized carbons (Fsp3) is 0.238. The Bertz CT molecular complexity index is 1120. The molecule has 0 amide bonds. The average molecular weight is 428 g/mol. The molecular weight excluding hydrogens is 405 g/mol. The highest BCUT2D eigenvalue weighted by Crippen LogP contribution is 2.22. The summed E-state index contributed by atoms with van der Waals surface area (Å²) >= 11 is 0. The fourth-order valence-electron chi connectivity index (χ4n) is 3.31. The molecule has 1 aliphatic heterocycles. The second-order valence-corrected chi connectivity index (χ2v) is 8.97. The summed E-state index contributed by atoms with van der Waals surface area (Å²) < 4.78 is 40.1. The van der Waals surface area contributed by atoms with Crippen LogP contribution in [-0.4, -0.2) is 48.9 Å². The van der Waals surface area contributed by atoms with Gasteiger partial charge in [-0.25, -0.2) is 17.8 Å². The van der Waals surface area contributed by atoms with Crippen LogP contribution < -0.4 is 10.2 Å². The third-order valence-corrected chi connectivity index (χ3v) is 6.77. The highest BCUT2D eigenvalue weighted by molar-refractivity contribution is 7.89. The predicted octanol–water partition coefficient (Wildman–Crippen LogP) is 3.18. The maximum Gasteiger partial charge on any atom is 0.243 e. The summed E-state index contributed by atoms with van der Waals surface area (Å²) in [7, 11) is -3.65. The van der Waals surface area contributed by atoms with E-state index in [2.05, 4.69) is 15.3 Å². The Labute approximate surface area is 175 Å². The maximum atomic E-state index is 13.1. The zero-order valence-corrected chi connectivity index (χ0v) is 17.3. The first-order valence-corrected chi connectivity index (χ1v) is 11.0. The molecule has 2 aromatic carbocycles. The number of hydrogen-bond donors (Lipinski definition) is 1. The third-order valence-electron chi connectivity index (χ3n) is 4.86. The summed E-state index contributed by atoms with van der Waals surface area (Å²) in [6, 6.07) is 16.5. The maximum absolute atomic E-state index is 13.1. The van der Waals surface area contributed by atoms with E-state index in [1.165, 1.54) is 16.4 Å². The minimum Gasteiger partial charge on any atom is -0.340 e. The zero-order chi connectivity index (χ0) is 21.1. The van der Waals surface area contributed by atoms with Gasteiger partial charge >= 0.3 is 0 Å². The monoisotopic (exact) mass is 427 g/mol. The summed E-state index contributed by atoms with van der Waals surface area (Å²) in [5.41, 5.74) is 1.75. The van der Waals surface area contributed by atoms with Crippen molar-refractivity contribution in [3.63, 3.8) is 0 Å². The number of aromatic nitrogens is 2. The molecular formula is C21H22FN5O2S. The van der Waals surface area contributed by atoms with Crippen LogP contribution in [-0.2, 0) is 10.0 Å². The standard InChI is InChI=1S/C21H22FN5O2S/c1-16-15-20(24-18-5-3-2-4-6-18)25-21(23-16)26-11-13-27(14-12-26)30(28,29)19-9-7-17(22)8-10-19/h2-10,15H,11-14H2,1H3,(H,23,24,25). The van der Waals surface area contributed by atoms with Crippen molar-refractivity contribution in [1.82, 2.24) is 14.3 Å². The van der Waals surface area contributed by atoms with Crippen molar-refractivity contribution in [2.45, 2.75) is 11.8 Å². The van der Waals surface area contributed by atoms with E-state index in [1.807, 2.05) is 48.2 Å². The first kappa shape index (κ1) is 20.2. The van der Waals surface area contributed by atoms with E-state index in [4.69, 9.17) is 0 Å². The molecule has 0 bridgehead atoms. The van der Waals surface area contributed by atoms with Gasteiger partial charge in [0.1, 0.15) is 11.6 Å². The number of piperazine rings is 1. The molecule has 1 N–H and O–H groups in total. The molecule has 9 heteroatoms. The lowest BCUT2D eigenvalue weighted by Crippen LogP contribution is -2.49. The highest BCUT2D eigenvalue weighted by atomic mass is 32.2. The number of nitrogens with one attached hydrogen (secondary N) is 1. The molecule has 3 aromatic rings. The van der Waals surface area contributed by atoms with Crippen molar-refractivity contribution in [1.29, 1.82) is 0 Å². The molecule has 1 saturated heterocycles. The molecule has 30 heavy (non-hydrogen) atoms. The normalized spacial score (nSPS) is 15.2. The molecule has 1 aliphatic rings. The van der Waals surface area contributed by atoms with Gasteiger partial charge in [-0.15, -0.1) is 0 Å². The average Bonchev–Trinajstić information content (AvgIpc) is 2.74. The Morgan fingerprint density at radius 3 is 2.27 bits per heavy atom. The zero-order valence-electron chi connectivity index (χ0n) is 16.5. The van der Waals surface area contributed by atoms with Crippen LogP contribution in [0, 0.1) is 12.7 Å². The van der Waals surface area contributed by atoms with Crippen molar-refractivity contribution < 1.29 is 12.8 Å². The van der Waals surface area contributed by atoms with Crippen molar-refractivity contribution in [2.75, 3.05) is 36.4 Å². The molecule has 1 aromatic heterocycles. The summed E-state index contributed by atoms with van der Waals surface area (Å²) in [5.74, 6) is 0.785. The van der Waals surface area contributed by atoms with Gasteiger partial charge in [0.05, 0.1) is 4.90 Å². The Kier molecular flexibility index (Phi) is 5.65. The lowest BCUT2D eigenvalue weighted by Gasteiger charge is -2.34. The van der Waals surface area contributed by atoms with Crippen molar-refractivity contribution >= 4 is 27.5 Å². The number of para-hydroxylation sites is 1. The van der Waals surface area contributed by atoms with E-state index in [0.717, 1.165) is 23.5 Å². The van der Waals surface area contributed by atoms with Gasteiger partial charge in [-0.2, -0.15) is 9.29 Å². The number of hydrogen-bond acceptors (Lipinski definition) is 6. The van der Waals surface area contributed by atoms with Gasteiger partial charge in [0, 0.05) is 43.6 Å². The van der Waals surface area contributed by atoms with Crippen LogP contribution in [0.3, 0.4) is 0 Å². The van der Waals surface area contributed by atoms with E-state index in [0.29, 0.717) is 37.9 Å². The van der Waals surface area contributed by atoms with Crippen LogP contribution in [0.25, 0.3) is 0 Å². The van der Waals surface area contributed by atoms with Crippen molar-refractivity contribution in [2.24, 2.45) is 0 Å². The molecule has 0 saturated carbocycles. The molecule has 156 valence electrons. The molecule has 7 nitrogen and oxygen atoms in total. The van der Waals surface area contributed by atoms with Gasteiger partial charge in [-0.1, -0.05) is 18.2 Å². The van der Waals surface area contributed by atoms with E-state index in [1.54, 1.807) is 0 Å².